The van der Waals surface area contributed by atoms with Crippen LogP contribution in [-0.4, -0.2) is 13.1 Å². The Bertz CT molecular complexity index is 108. The molecule has 0 amide bonds. The number of hydrogen-bond acceptors (Lipinski definition) is 1. The second-order valence-corrected chi connectivity index (χ2v) is 4.16. The van der Waals surface area contributed by atoms with Crippen molar-refractivity contribution in [1.82, 2.24) is 5.32 Å². The fourth-order valence-corrected chi connectivity index (χ4v) is 1.78. The lowest BCUT2D eigenvalue weighted by Gasteiger charge is -2.14. The SMILES string of the molecule is CCCCCC(CC1CC1)NC. The zero-order chi connectivity index (χ0) is 8.81. The normalized spacial score (nSPS) is 19.5. The lowest BCUT2D eigenvalue weighted by molar-refractivity contribution is 0.444. The summed E-state index contributed by atoms with van der Waals surface area (Å²) in [6, 6.07) is 0.809. The second kappa shape index (κ2) is 5.58. The van der Waals surface area contributed by atoms with E-state index in [4.69, 9.17) is 0 Å². The molecule has 1 nitrogen and oxygen atoms in total. The van der Waals surface area contributed by atoms with Crippen LogP contribution in [0, 0.1) is 5.92 Å². The minimum absolute atomic E-state index is 0.809. The summed E-state index contributed by atoms with van der Waals surface area (Å²) in [4.78, 5) is 0. The van der Waals surface area contributed by atoms with Crippen LogP contribution in [0.1, 0.15) is 51.9 Å². The number of nitrogens with one attached hydrogen (secondary N) is 1. The first kappa shape index (κ1) is 10.0. The molecule has 0 heterocycles. The van der Waals surface area contributed by atoms with Gasteiger partial charge in [-0.25, -0.2) is 0 Å². The van der Waals surface area contributed by atoms with Crippen LogP contribution in [0.5, 0.6) is 0 Å². The molecule has 0 bridgehead atoms. The van der Waals surface area contributed by atoms with Crippen molar-refractivity contribution in [3.63, 3.8) is 0 Å². The van der Waals surface area contributed by atoms with Crippen molar-refractivity contribution in [3.8, 4) is 0 Å². The van der Waals surface area contributed by atoms with E-state index < -0.39 is 0 Å². The van der Waals surface area contributed by atoms with Crippen LogP contribution in [0.3, 0.4) is 0 Å². The second-order valence-electron chi connectivity index (χ2n) is 4.16. The van der Waals surface area contributed by atoms with Gasteiger partial charge in [-0.1, -0.05) is 39.0 Å². The Morgan fingerprint density at radius 1 is 1.33 bits per heavy atom. The van der Waals surface area contributed by atoms with E-state index in [2.05, 4.69) is 19.3 Å². The first-order chi connectivity index (χ1) is 5.86. The summed E-state index contributed by atoms with van der Waals surface area (Å²) in [7, 11) is 2.11. The number of rotatable bonds is 7. The van der Waals surface area contributed by atoms with Gasteiger partial charge in [0.05, 0.1) is 0 Å². The highest BCUT2D eigenvalue weighted by Crippen LogP contribution is 2.34. The van der Waals surface area contributed by atoms with Crippen molar-refractivity contribution >= 4 is 0 Å². The van der Waals surface area contributed by atoms with E-state index in [0.717, 1.165) is 12.0 Å². The third-order valence-electron chi connectivity index (χ3n) is 2.88. The predicted octanol–water partition coefficient (Wildman–Crippen LogP) is 2.95. The molecule has 1 atom stereocenters. The van der Waals surface area contributed by atoms with Crippen LogP contribution in [0.2, 0.25) is 0 Å². The minimum Gasteiger partial charge on any atom is -0.317 e. The molecule has 0 aromatic rings. The summed E-state index contributed by atoms with van der Waals surface area (Å²) in [6.07, 6.45) is 9.97. The molecule has 1 aliphatic carbocycles. The van der Waals surface area contributed by atoms with Crippen molar-refractivity contribution in [2.75, 3.05) is 7.05 Å². The first-order valence-electron chi connectivity index (χ1n) is 5.54. The largest absolute Gasteiger partial charge is 0.317 e. The quantitative estimate of drug-likeness (QED) is 0.578. The Kier molecular flexibility index (Phi) is 4.67. The molecular weight excluding hydrogens is 146 g/mol. The molecule has 0 saturated heterocycles. The highest BCUT2D eigenvalue weighted by atomic mass is 14.9. The fourth-order valence-electron chi connectivity index (χ4n) is 1.78. The third kappa shape index (κ3) is 4.10. The summed E-state index contributed by atoms with van der Waals surface area (Å²) >= 11 is 0. The van der Waals surface area contributed by atoms with Crippen molar-refractivity contribution < 1.29 is 0 Å². The summed E-state index contributed by atoms with van der Waals surface area (Å²) in [5, 5.41) is 3.43. The van der Waals surface area contributed by atoms with Gasteiger partial charge >= 0.3 is 0 Å². The van der Waals surface area contributed by atoms with Crippen molar-refractivity contribution in [2.24, 2.45) is 5.92 Å². The van der Waals surface area contributed by atoms with E-state index in [0.29, 0.717) is 0 Å². The van der Waals surface area contributed by atoms with E-state index in [1.54, 1.807) is 0 Å². The lowest BCUT2D eigenvalue weighted by Crippen LogP contribution is -2.25. The maximum absolute atomic E-state index is 3.43. The third-order valence-corrected chi connectivity index (χ3v) is 2.88. The number of unbranched alkanes of at least 4 members (excludes halogenated alkanes) is 2. The van der Waals surface area contributed by atoms with Crippen LogP contribution >= 0.6 is 0 Å². The highest BCUT2D eigenvalue weighted by molar-refractivity contribution is 4.79. The Balaban J connectivity index is 1.98. The van der Waals surface area contributed by atoms with Crippen molar-refractivity contribution in [2.45, 2.75) is 57.9 Å². The molecule has 1 heteroatoms. The molecule has 0 aromatic carbocycles. The van der Waals surface area contributed by atoms with Gasteiger partial charge in [-0.15, -0.1) is 0 Å². The standard InChI is InChI=1S/C11H23N/c1-3-4-5-6-11(12-2)9-10-7-8-10/h10-12H,3-9H2,1-2H3. The lowest BCUT2D eigenvalue weighted by atomic mass is 10.0. The summed E-state index contributed by atoms with van der Waals surface area (Å²) < 4.78 is 0. The molecule has 1 saturated carbocycles. The zero-order valence-electron chi connectivity index (χ0n) is 8.60. The van der Waals surface area contributed by atoms with Gasteiger partial charge in [0.2, 0.25) is 0 Å². The molecule has 72 valence electrons. The fraction of sp³-hybridized carbons (Fsp3) is 1.00. The topological polar surface area (TPSA) is 12.0 Å². The van der Waals surface area contributed by atoms with Crippen LogP contribution in [0.4, 0.5) is 0 Å². The van der Waals surface area contributed by atoms with Gasteiger partial charge in [0, 0.05) is 6.04 Å². The van der Waals surface area contributed by atoms with Crippen molar-refractivity contribution in [1.29, 1.82) is 0 Å². The molecule has 0 aromatic heterocycles. The van der Waals surface area contributed by atoms with Crippen molar-refractivity contribution in [3.05, 3.63) is 0 Å². The Morgan fingerprint density at radius 2 is 2.08 bits per heavy atom. The van der Waals surface area contributed by atoms with Gasteiger partial charge in [-0.2, -0.15) is 0 Å². The molecule has 0 aliphatic heterocycles. The zero-order valence-corrected chi connectivity index (χ0v) is 8.60. The van der Waals surface area contributed by atoms with Crippen LogP contribution in [0.25, 0.3) is 0 Å². The Labute approximate surface area is 76.9 Å². The average molecular weight is 169 g/mol. The van der Waals surface area contributed by atoms with Crippen LogP contribution in [-0.2, 0) is 0 Å². The molecule has 1 rings (SSSR count). The first-order valence-corrected chi connectivity index (χ1v) is 5.54. The van der Waals surface area contributed by atoms with Gasteiger partial charge in [0.15, 0.2) is 0 Å². The molecule has 1 aliphatic rings. The van der Waals surface area contributed by atoms with E-state index >= 15 is 0 Å². The smallest absolute Gasteiger partial charge is 0.00667 e. The summed E-state index contributed by atoms with van der Waals surface area (Å²) in [5.74, 6) is 1.07. The van der Waals surface area contributed by atoms with Gasteiger partial charge in [0.25, 0.3) is 0 Å². The molecule has 12 heavy (non-hydrogen) atoms. The monoisotopic (exact) mass is 169 g/mol. The highest BCUT2D eigenvalue weighted by Gasteiger charge is 2.24. The Hall–Kier alpha value is -0.0400. The van der Waals surface area contributed by atoms with Crippen LogP contribution in [0.15, 0.2) is 0 Å². The van der Waals surface area contributed by atoms with Gasteiger partial charge in [-0.3, -0.25) is 0 Å². The maximum atomic E-state index is 3.43. The summed E-state index contributed by atoms with van der Waals surface area (Å²) in [5.41, 5.74) is 0. The number of hydrogen-bond donors (Lipinski definition) is 1. The molecule has 1 unspecified atom stereocenters. The van der Waals surface area contributed by atoms with Gasteiger partial charge < -0.3 is 5.32 Å². The van der Waals surface area contributed by atoms with E-state index in [1.807, 2.05) is 0 Å². The molecule has 0 spiro atoms. The van der Waals surface area contributed by atoms with Gasteiger partial charge in [-0.05, 0) is 25.8 Å². The van der Waals surface area contributed by atoms with E-state index in [9.17, 15) is 0 Å². The molecule has 1 N–H and O–H groups in total. The van der Waals surface area contributed by atoms with E-state index in [1.165, 1.54) is 44.9 Å². The van der Waals surface area contributed by atoms with E-state index in [-0.39, 0.29) is 0 Å². The average Bonchev–Trinajstić information content (AvgIpc) is 2.87. The van der Waals surface area contributed by atoms with Crippen LogP contribution < -0.4 is 5.32 Å². The molecule has 1 fully saturated rings. The van der Waals surface area contributed by atoms with Gasteiger partial charge in [0.1, 0.15) is 0 Å². The Morgan fingerprint density at radius 3 is 2.58 bits per heavy atom. The molecular formula is C11H23N. The minimum atomic E-state index is 0.809. The predicted molar refractivity (Wildman–Crippen MR) is 54.3 cm³/mol. The molecule has 0 radical (unpaired) electrons. The maximum Gasteiger partial charge on any atom is 0.00667 e. The summed E-state index contributed by atoms with van der Waals surface area (Å²) in [6.45, 7) is 2.27.